The summed E-state index contributed by atoms with van der Waals surface area (Å²) in [5.41, 5.74) is -0.306. The monoisotopic (exact) mass is 584 g/mol. The number of hydrogen-bond donors (Lipinski definition) is 7. The maximum Gasteiger partial charge on any atom is 0.186 e. The van der Waals surface area contributed by atoms with Crippen LogP contribution in [0, 0.1) is 52.3 Å². The van der Waals surface area contributed by atoms with Gasteiger partial charge < -0.3 is 45.2 Å². The lowest BCUT2D eigenvalue weighted by Crippen LogP contribution is -2.65. The van der Waals surface area contributed by atoms with Crippen LogP contribution in [0.1, 0.15) is 86.0 Å². The first-order valence-electron chi connectivity index (χ1n) is 16.2. The number of fused-ring (bicyclic) bond motifs is 5. The summed E-state index contributed by atoms with van der Waals surface area (Å²) in [6, 6.07) is 0. The van der Waals surface area contributed by atoms with E-state index in [0.717, 1.165) is 38.5 Å². The summed E-state index contributed by atoms with van der Waals surface area (Å²) in [7, 11) is 0. The van der Waals surface area contributed by atoms with Crippen molar-refractivity contribution in [1.29, 1.82) is 0 Å². The van der Waals surface area contributed by atoms with E-state index in [4.69, 9.17) is 9.47 Å². The van der Waals surface area contributed by atoms with E-state index in [1.54, 1.807) is 0 Å². The van der Waals surface area contributed by atoms with E-state index in [-0.39, 0.29) is 65.0 Å². The van der Waals surface area contributed by atoms with Crippen molar-refractivity contribution in [1.82, 2.24) is 0 Å². The Kier molecular flexibility index (Phi) is 9.27. The molecule has 17 atom stereocenters. The van der Waals surface area contributed by atoms with Crippen molar-refractivity contribution >= 4 is 0 Å². The first-order valence-corrected chi connectivity index (χ1v) is 16.2. The molecule has 238 valence electrons. The van der Waals surface area contributed by atoms with Crippen molar-refractivity contribution in [3.8, 4) is 0 Å². The smallest absolute Gasteiger partial charge is 0.186 e. The highest BCUT2D eigenvalue weighted by Crippen LogP contribution is 2.68. The normalized spacial score (nSPS) is 53.3. The third-order valence-corrected chi connectivity index (χ3v) is 12.9. The van der Waals surface area contributed by atoms with Crippen LogP contribution >= 0.6 is 0 Å². The molecule has 5 rings (SSSR count). The minimum Gasteiger partial charge on any atom is -0.393 e. The molecule has 0 spiro atoms. The Hall–Kier alpha value is -0.360. The largest absolute Gasteiger partial charge is 0.393 e. The summed E-state index contributed by atoms with van der Waals surface area (Å²) < 4.78 is 11.7. The predicted molar refractivity (Wildman–Crippen MR) is 151 cm³/mol. The minimum absolute atomic E-state index is 0.0844. The molecule has 0 aromatic heterocycles. The molecule has 1 saturated heterocycles. The van der Waals surface area contributed by atoms with Crippen LogP contribution in [0.25, 0.3) is 0 Å². The lowest BCUT2D eigenvalue weighted by molar-refractivity contribution is -0.286. The molecular weight excluding hydrogens is 528 g/mol. The van der Waals surface area contributed by atoms with Crippen LogP contribution < -0.4 is 0 Å². The minimum atomic E-state index is -1.32. The highest BCUT2D eigenvalue weighted by Gasteiger charge is 2.67. The SMILES string of the molecule is CC(C)[C@H](CC[C@@H](C)[C@H]1C[C@@H](O)[C@H]2[C@@H]3[C@H](O)[C@H](O)[C@H]4C[C@@H](O)CC[C@]4(C)[C@@H]3CC[C@@]21C)O[C@@H]1OC[C@@H](O)[C@@H](O)[C@@H]1O. The van der Waals surface area contributed by atoms with Crippen LogP contribution in [-0.4, -0.2) is 97.5 Å². The molecule has 1 heterocycles. The van der Waals surface area contributed by atoms with Crippen LogP contribution in [0.15, 0.2) is 0 Å². The zero-order valence-electron chi connectivity index (χ0n) is 25.5. The molecule has 9 nitrogen and oxygen atoms in total. The number of aliphatic hydroxyl groups is 7. The van der Waals surface area contributed by atoms with Gasteiger partial charge in [-0.1, -0.05) is 34.6 Å². The van der Waals surface area contributed by atoms with Crippen molar-refractivity contribution in [2.75, 3.05) is 6.61 Å². The summed E-state index contributed by atoms with van der Waals surface area (Å²) >= 11 is 0. The Balaban J connectivity index is 1.28. The fourth-order valence-electron chi connectivity index (χ4n) is 10.5. The third-order valence-electron chi connectivity index (χ3n) is 12.9. The molecule has 4 saturated carbocycles. The topological polar surface area (TPSA) is 160 Å². The molecule has 0 radical (unpaired) electrons. The molecule has 41 heavy (non-hydrogen) atoms. The van der Waals surface area contributed by atoms with E-state index in [1.165, 1.54) is 0 Å². The number of ether oxygens (including phenoxy) is 2. The van der Waals surface area contributed by atoms with Gasteiger partial charge in [0.2, 0.25) is 0 Å². The molecule has 5 fully saturated rings. The first-order chi connectivity index (χ1) is 19.2. The fraction of sp³-hybridized carbons (Fsp3) is 1.00. The Morgan fingerprint density at radius 3 is 2.12 bits per heavy atom. The Labute approximate surface area is 245 Å². The van der Waals surface area contributed by atoms with E-state index in [1.807, 2.05) is 0 Å². The van der Waals surface area contributed by atoms with Crippen molar-refractivity contribution in [2.45, 2.75) is 141 Å². The molecule has 5 aliphatic rings. The van der Waals surface area contributed by atoms with Gasteiger partial charge in [0, 0.05) is 0 Å². The van der Waals surface area contributed by atoms with Crippen LogP contribution in [-0.2, 0) is 9.47 Å². The molecule has 9 heteroatoms. The van der Waals surface area contributed by atoms with E-state index in [9.17, 15) is 35.7 Å². The second kappa shape index (κ2) is 11.9. The second-order valence-corrected chi connectivity index (χ2v) is 15.4. The van der Waals surface area contributed by atoms with Gasteiger partial charge in [-0.2, -0.15) is 0 Å². The first kappa shape index (κ1) is 32.0. The fourth-order valence-corrected chi connectivity index (χ4v) is 10.5. The third kappa shape index (κ3) is 5.44. The van der Waals surface area contributed by atoms with Gasteiger partial charge in [-0.15, -0.1) is 0 Å². The molecular formula is C32H56O9. The molecule has 0 aromatic carbocycles. The number of rotatable bonds is 7. The Bertz CT molecular complexity index is 902. The maximum atomic E-state index is 11.6. The molecule has 4 aliphatic carbocycles. The van der Waals surface area contributed by atoms with Crippen molar-refractivity contribution in [2.24, 2.45) is 52.3 Å². The van der Waals surface area contributed by atoms with Gasteiger partial charge in [0.1, 0.15) is 18.3 Å². The lowest BCUT2D eigenvalue weighted by Gasteiger charge is -2.63. The molecule has 0 unspecified atom stereocenters. The van der Waals surface area contributed by atoms with Crippen LogP contribution in [0.3, 0.4) is 0 Å². The van der Waals surface area contributed by atoms with Gasteiger partial charge in [0.15, 0.2) is 6.29 Å². The zero-order chi connectivity index (χ0) is 30.0. The Morgan fingerprint density at radius 2 is 1.44 bits per heavy atom. The summed E-state index contributed by atoms with van der Waals surface area (Å²) in [6.07, 6.45) is -1.41. The Morgan fingerprint density at radius 1 is 0.756 bits per heavy atom. The lowest BCUT2D eigenvalue weighted by atomic mass is 9.43. The molecule has 1 aliphatic heterocycles. The van der Waals surface area contributed by atoms with E-state index in [2.05, 4.69) is 34.6 Å². The molecule has 0 aromatic rings. The van der Waals surface area contributed by atoms with Gasteiger partial charge in [0.05, 0.1) is 37.1 Å². The average Bonchev–Trinajstić information content (AvgIpc) is 3.20. The summed E-state index contributed by atoms with van der Waals surface area (Å²) in [4.78, 5) is 0. The van der Waals surface area contributed by atoms with Crippen molar-refractivity contribution < 1.29 is 45.2 Å². The highest BCUT2D eigenvalue weighted by atomic mass is 16.7. The van der Waals surface area contributed by atoms with Gasteiger partial charge in [-0.05, 0) is 104 Å². The van der Waals surface area contributed by atoms with Crippen LogP contribution in [0.5, 0.6) is 0 Å². The quantitative estimate of drug-likeness (QED) is 0.237. The highest BCUT2D eigenvalue weighted by molar-refractivity contribution is 5.15. The van der Waals surface area contributed by atoms with Crippen molar-refractivity contribution in [3.63, 3.8) is 0 Å². The molecule has 0 bridgehead atoms. The van der Waals surface area contributed by atoms with Crippen LogP contribution in [0.2, 0.25) is 0 Å². The average molecular weight is 585 g/mol. The number of aliphatic hydroxyl groups excluding tert-OH is 7. The molecule has 0 amide bonds. The molecule has 7 N–H and O–H groups in total. The van der Waals surface area contributed by atoms with Gasteiger partial charge in [0.25, 0.3) is 0 Å². The number of hydrogen-bond acceptors (Lipinski definition) is 9. The maximum absolute atomic E-state index is 11.6. The van der Waals surface area contributed by atoms with E-state index >= 15 is 0 Å². The van der Waals surface area contributed by atoms with Gasteiger partial charge in [-0.25, -0.2) is 0 Å². The standard InChI is InChI=1S/C32H56O9/c1-15(2)23(41-30-29(39)27(37)22(35)14-40-30)7-6-16(3)19-13-21(34)25-24-18(9-11-32(19,25)5)31(4)10-8-17(33)12-20(31)26(36)28(24)38/h15-30,33-39H,6-14H2,1-5H3/t16-,17+,18-,19-,20-,21-,22-,23+,24-,25+,26-,27-,28+,29+,30+,31-,32-/m1/s1. The predicted octanol–water partition coefficient (Wildman–Crippen LogP) is 1.82. The van der Waals surface area contributed by atoms with Crippen molar-refractivity contribution in [3.05, 3.63) is 0 Å². The summed E-state index contributed by atoms with van der Waals surface area (Å²) in [6.45, 7) is 10.8. The van der Waals surface area contributed by atoms with Gasteiger partial charge >= 0.3 is 0 Å². The van der Waals surface area contributed by atoms with E-state index < -0.39 is 49.0 Å². The van der Waals surface area contributed by atoms with Crippen LogP contribution in [0.4, 0.5) is 0 Å². The summed E-state index contributed by atoms with van der Waals surface area (Å²) in [5, 5.41) is 75.1. The zero-order valence-corrected chi connectivity index (χ0v) is 25.5. The second-order valence-electron chi connectivity index (χ2n) is 15.4. The van der Waals surface area contributed by atoms with E-state index in [0.29, 0.717) is 12.8 Å². The van der Waals surface area contributed by atoms with Gasteiger partial charge in [-0.3, -0.25) is 0 Å². The summed E-state index contributed by atoms with van der Waals surface area (Å²) in [5.74, 6) is 0.539.